The predicted molar refractivity (Wildman–Crippen MR) is 92.1 cm³/mol. The Labute approximate surface area is 145 Å². The Bertz CT molecular complexity index is 789. The zero-order valence-corrected chi connectivity index (χ0v) is 14.0. The Morgan fingerprint density at radius 2 is 1.84 bits per heavy atom. The second-order valence-corrected chi connectivity index (χ2v) is 6.74. The molecule has 5 nitrogen and oxygen atoms in total. The number of nitrogen functional groups attached to an aromatic ring is 1. The van der Waals surface area contributed by atoms with Crippen molar-refractivity contribution in [3.8, 4) is 0 Å². The van der Waals surface area contributed by atoms with Gasteiger partial charge in [-0.25, -0.2) is 13.8 Å². The van der Waals surface area contributed by atoms with E-state index in [1.807, 2.05) is 0 Å². The molecular formula is C18H21F2N5. The average molecular weight is 345 g/mol. The van der Waals surface area contributed by atoms with E-state index in [0.717, 1.165) is 55.7 Å². The van der Waals surface area contributed by atoms with E-state index in [2.05, 4.69) is 14.8 Å². The smallest absolute Gasteiger partial charge is 0.227 e. The van der Waals surface area contributed by atoms with Gasteiger partial charge in [0, 0.05) is 38.3 Å². The molecule has 0 unspecified atom stereocenters. The number of nitrogens with zero attached hydrogens (tertiary/aromatic N) is 4. The van der Waals surface area contributed by atoms with E-state index in [0.29, 0.717) is 24.9 Å². The third-order valence-corrected chi connectivity index (χ3v) is 4.94. The first-order chi connectivity index (χ1) is 12.1. The van der Waals surface area contributed by atoms with E-state index in [1.165, 1.54) is 12.1 Å². The fraction of sp³-hybridized carbons (Fsp3) is 0.444. The molecule has 0 radical (unpaired) electrons. The molecule has 0 bridgehead atoms. The molecule has 132 valence electrons. The SMILES string of the molecule is Nc1nc(N2CCCC2)nc2c1CCN(Cc1ccc(F)c(F)c1)C2. The van der Waals surface area contributed by atoms with Gasteiger partial charge in [0.1, 0.15) is 5.82 Å². The lowest BCUT2D eigenvalue weighted by Crippen LogP contribution is -2.33. The minimum absolute atomic E-state index is 0.555. The van der Waals surface area contributed by atoms with E-state index < -0.39 is 11.6 Å². The van der Waals surface area contributed by atoms with Crippen LogP contribution >= 0.6 is 0 Å². The van der Waals surface area contributed by atoms with Crippen LogP contribution in [0, 0.1) is 11.6 Å². The number of aromatic nitrogens is 2. The molecule has 2 aliphatic rings. The molecule has 0 saturated carbocycles. The Balaban J connectivity index is 1.54. The van der Waals surface area contributed by atoms with E-state index >= 15 is 0 Å². The highest BCUT2D eigenvalue weighted by Crippen LogP contribution is 2.26. The first-order valence-electron chi connectivity index (χ1n) is 8.66. The number of hydrogen-bond acceptors (Lipinski definition) is 5. The van der Waals surface area contributed by atoms with Crippen LogP contribution in [0.25, 0.3) is 0 Å². The van der Waals surface area contributed by atoms with Crippen LogP contribution in [0.3, 0.4) is 0 Å². The molecule has 2 aromatic rings. The topological polar surface area (TPSA) is 58.3 Å². The fourth-order valence-corrected chi connectivity index (χ4v) is 3.59. The lowest BCUT2D eigenvalue weighted by Gasteiger charge is -2.29. The zero-order valence-electron chi connectivity index (χ0n) is 14.0. The van der Waals surface area contributed by atoms with Crippen LogP contribution in [0.4, 0.5) is 20.5 Å². The fourth-order valence-electron chi connectivity index (χ4n) is 3.59. The maximum Gasteiger partial charge on any atom is 0.227 e. The highest BCUT2D eigenvalue weighted by Gasteiger charge is 2.24. The van der Waals surface area contributed by atoms with Crippen molar-refractivity contribution in [2.24, 2.45) is 0 Å². The average Bonchev–Trinajstić information content (AvgIpc) is 3.12. The Morgan fingerprint density at radius 3 is 2.60 bits per heavy atom. The standard InChI is InChI=1S/C18H21F2N5/c19-14-4-3-12(9-15(14)20)10-24-8-5-13-16(11-24)22-18(23-17(13)21)25-6-1-2-7-25/h3-4,9H,1-2,5-8,10-11H2,(H2,21,22,23). The quantitative estimate of drug-likeness (QED) is 0.926. The van der Waals surface area contributed by atoms with Crippen LogP contribution in [0.1, 0.15) is 29.7 Å². The molecule has 1 aromatic heterocycles. The van der Waals surface area contributed by atoms with Gasteiger partial charge < -0.3 is 10.6 Å². The second kappa shape index (κ2) is 6.55. The van der Waals surface area contributed by atoms with Crippen molar-refractivity contribution in [2.75, 3.05) is 30.3 Å². The van der Waals surface area contributed by atoms with Crippen molar-refractivity contribution in [3.05, 3.63) is 46.7 Å². The van der Waals surface area contributed by atoms with Gasteiger partial charge in [-0.3, -0.25) is 4.90 Å². The molecule has 2 N–H and O–H groups in total. The second-order valence-electron chi connectivity index (χ2n) is 6.74. The lowest BCUT2D eigenvalue weighted by atomic mass is 10.0. The van der Waals surface area contributed by atoms with Gasteiger partial charge >= 0.3 is 0 Å². The number of benzene rings is 1. The summed E-state index contributed by atoms with van der Waals surface area (Å²) in [6.45, 7) is 3.93. The number of nitrogens with two attached hydrogens (primary N) is 1. The third-order valence-electron chi connectivity index (χ3n) is 4.94. The summed E-state index contributed by atoms with van der Waals surface area (Å²) in [5, 5.41) is 0. The summed E-state index contributed by atoms with van der Waals surface area (Å²) in [7, 11) is 0. The van der Waals surface area contributed by atoms with Gasteiger partial charge in [-0.15, -0.1) is 0 Å². The first-order valence-corrected chi connectivity index (χ1v) is 8.66. The maximum atomic E-state index is 13.4. The Hall–Kier alpha value is -2.28. The highest BCUT2D eigenvalue weighted by atomic mass is 19.2. The van der Waals surface area contributed by atoms with Crippen molar-refractivity contribution in [2.45, 2.75) is 32.4 Å². The van der Waals surface area contributed by atoms with Crippen LogP contribution in [0.15, 0.2) is 18.2 Å². The molecule has 4 rings (SSSR count). The molecule has 0 atom stereocenters. The van der Waals surface area contributed by atoms with E-state index in [9.17, 15) is 8.78 Å². The zero-order chi connectivity index (χ0) is 17.4. The monoisotopic (exact) mass is 345 g/mol. The van der Waals surface area contributed by atoms with Crippen molar-refractivity contribution >= 4 is 11.8 Å². The van der Waals surface area contributed by atoms with Crippen LogP contribution in [-0.2, 0) is 19.5 Å². The summed E-state index contributed by atoms with van der Waals surface area (Å²) in [6, 6.07) is 4.06. The molecule has 0 spiro atoms. The number of anilines is 2. The first kappa shape index (κ1) is 16.2. The van der Waals surface area contributed by atoms with Crippen molar-refractivity contribution < 1.29 is 8.78 Å². The van der Waals surface area contributed by atoms with Gasteiger partial charge in [0.15, 0.2) is 11.6 Å². The molecule has 1 fully saturated rings. The summed E-state index contributed by atoms with van der Waals surface area (Å²) in [6.07, 6.45) is 3.08. The summed E-state index contributed by atoms with van der Waals surface area (Å²) in [4.78, 5) is 13.6. The normalized spacial score (nSPS) is 17.8. The van der Waals surface area contributed by atoms with Gasteiger partial charge in [-0.2, -0.15) is 4.98 Å². The summed E-state index contributed by atoms with van der Waals surface area (Å²) in [5.74, 6) is -0.343. The maximum absolute atomic E-state index is 13.4. The molecule has 2 aliphatic heterocycles. The van der Waals surface area contributed by atoms with Gasteiger partial charge in [-0.1, -0.05) is 6.07 Å². The van der Waals surface area contributed by atoms with Gasteiger partial charge in [0.25, 0.3) is 0 Å². The third kappa shape index (κ3) is 3.28. The van der Waals surface area contributed by atoms with E-state index in [-0.39, 0.29) is 0 Å². The summed E-state index contributed by atoms with van der Waals surface area (Å²) in [5.41, 5.74) is 8.88. The van der Waals surface area contributed by atoms with Crippen molar-refractivity contribution in [1.29, 1.82) is 0 Å². The Kier molecular flexibility index (Phi) is 4.25. The summed E-state index contributed by atoms with van der Waals surface area (Å²) < 4.78 is 26.5. The largest absolute Gasteiger partial charge is 0.383 e. The summed E-state index contributed by atoms with van der Waals surface area (Å²) >= 11 is 0. The van der Waals surface area contributed by atoms with Gasteiger partial charge in [0.2, 0.25) is 5.95 Å². The van der Waals surface area contributed by atoms with Crippen LogP contribution in [-0.4, -0.2) is 34.5 Å². The molecule has 25 heavy (non-hydrogen) atoms. The molecule has 1 aromatic carbocycles. The number of halogens is 2. The minimum Gasteiger partial charge on any atom is -0.383 e. The van der Waals surface area contributed by atoms with Crippen LogP contribution in [0.5, 0.6) is 0 Å². The molecule has 0 aliphatic carbocycles. The molecule has 0 amide bonds. The number of fused-ring (bicyclic) bond motifs is 1. The van der Waals surface area contributed by atoms with Crippen molar-refractivity contribution in [1.82, 2.24) is 14.9 Å². The van der Waals surface area contributed by atoms with Crippen LogP contribution < -0.4 is 10.6 Å². The lowest BCUT2D eigenvalue weighted by molar-refractivity contribution is 0.241. The molecule has 1 saturated heterocycles. The molecule has 3 heterocycles. The predicted octanol–water partition coefficient (Wildman–Crippen LogP) is 2.50. The molecular weight excluding hydrogens is 324 g/mol. The van der Waals surface area contributed by atoms with Gasteiger partial charge in [0.05, 0.1) is 5.69 Å². The van der Waals surface area contributed by atoms with E-state index in [4.69, 9.17) is 10.7 Å². The van der Waals surface area contributed by atoms with Crippen molar-refractivity contribution in [3.63, 3.8) is 0 Å². The Morgan fingerprint density at radius 1 is 1.04 bits per heavy atom. The molecule has 7 heteroatoms. The van der Waals surface area contributed by atoms with E-state index in [1.54, 1.807) is 6.07 Å². The number of rotatable bonds is 3. The number of hydrogen-bond donors (Lipinski definition) is 1. The minimum atomic E-state index is -0.816. The van der Waals surface area contributed by atoms with Crippen LogP contribution in [0.2, 0.25) is 0 Å². The van der Waals surface area contributed by atoms with Gasteiger partial charge in [-0.05, 0) is 37.0 Å². The highest BCUT2D eigenvalue weighted by molar-refractivity contribution is 5.49.